The first-order valence-electron chi connectivity index (χ1n) is 5.82. The minimum Gasteiger partial charge on any atom is -0.388 e. The first kappa shape index (κ1) is 14.7. The van der Waals surface area contributed by atoms with E-state index < -0.39 is 10.5 Å². The van der Waals surface area contributed by atoms with Crippen LogP contribution in [-0.4, -0.2) is 22.2 Å². The first-order valence-corrected chi connectivity index (χ1v) is 6.20. The average Bonchev–Trinajstić information content (AvgIpc) is 2.36. The third-order valence-corrected chi connectivity index (χ3v) is 3.41. The van der Waals surface area contributed by atoms with Gasteiger partial charge >= 0.3 is 0 Å². The number of nitro benzene ring substituents is 1. The molecule has 2 N–H and O–H groups in total. The van der Waals surface area contributed by atoms with Crippen molar-refractivity contribution in [3.63, 3.8) is 0 Å². The Morgan fingerprint density at radius 1 is 1.44 bits per heavy atom. The highest BCUT2D eigenvalue weighted by Gasteiger charge is 2.24. The molecule has 0 aliphatic carbocycles. The zero-order valence-electron chi connectivity index (χ0n) is 10.4. The van der Waals surface area contributed by atoms with Crippen molar-refractivity contribution in [2.24, 2.45) is 0 Å². The van der Waals surface area contributed by atoms with E-state index in [1.165, 1.54) is 12.1 Å². The van der Waals surface area contributed by atoms with Crippen LogP contribution < -0.4 is 5.32 Å². The minimum absolute atomic E-state index is 0.0861. The molecule has 0 heterocycles. The molecular weight excluding hydrogens is 256 g/mol. The van der Waals surface area contributed by atoms with E-state index in [0.29, 0.717) is 12.8 Å². The monoisotopic (exact) mass is 272 g/mol. The van der Waals surface area contributed by atoms with Crippen molar-refractivity contribution in [3.05, 3.63) is 33.3 Å². The molecule has 0 saturated heterocycles. The smallest absolute Gasteiger partial charge is 0.293 e. The zero-order chi connectivity index (χ0) is 13.8. The van der Waals surface area contributed by atoms with Crippen LogP contribution in [0.25, 0.3) is 0 Å². The van der Waals surface area contributed by atoms with E-state index >= 15 is 0 Å². The van der Waals surface area contributed by atoms with Gasteiger partial charge in [0.25, 0.3) is 5.69 Å². The Morgan fingerprint density at radius 2 is 2.06 bits per heavy atom. The Hall–Kier alpha value is -1.33. The molecule has 6 heteroatoms. The van der Waals surface area contributed by atoms with Crippen molar-refractivity contribution in [1.82, 2.24) is 0 Å². The van der Waals surface area contributed by atoms with Crippen LogP contribution >= 0.6 is 11.6 Å². The summed E-state index contributed by atoms with van der Waals surface area (Å²) in [6.07, 6.45) is 1.13. The van der Waals surface area contributed by atoms with Gasteiger partial charge in [-0.15, -0.1) is 0 Å². The molecule has 1 aromatic rings. The number of para-hydroxylation sites is 1. The maximum Gasteiger partial charge on any atom is 0.293 e. The van der Waals surface area contributed by atoms with Crippen LogP contribution in [0.2, 0.25) is 5.02 Å². The number of nitrogens with zero attached hydrogens (tertiary/aromatic N) is 1. The summed E-state index contributed by atoms with van der Waals surface area (Å²) in [5.41, 5.74) is -0.714. The Bertz CT molecular complexity index is 433. The fraction of sp³-hybridized carbons (Fsp3) is 0.500. The number of benzene rings is 1. The molecule has 0 amide bonds. The fourth-order valence-electron chi connectivity index (χ4n) is 1.59. The summed E-state index contributed by atoms with van der Waals surface area (Å²) in [7, 11) is 0. The van der Waals surface area contributed by atoms with E-state index in [2.05, 4.69) is 5.32 Å². The van der Waals surface area contributed by atoms with Crippen LogP contribution in [0.5, 0.6) is 0 Å². The Labute approximate surface area is 111 Å². The molecule has 5 nitrogen and oxygen atoms in total. The van der Waals surface area contributed by atoms with E-state index in [4.69, 9.17) is 11.6 Å². The molecule has 100 valence electrons. The van der Waals surface area contributed by atoms with E-state index in [1.807, 2.05) is 13.8 Å². The Morgan fingerprint density at radius 3 is 2.56 bits per heavy atom. The van der Waals surface area contributed by atoms with Crippen LogP contribution in [0.15, 0.2) is 18.2 Å². The molecule has 0 aliphatic rings. The van der Waals surface area contributed by atoms with Crippen molar-refractivity contribution in [2.75, 3.05) is 11.9 Å². The molecule has 0 fully saturated rings. The van der Waals surface area contributed by atoms with Crippen molar-refractivity contribution in [2.45, 2.75) is 32.3 Å². The SMILES string of the molecule is CCC(O)(CC)CNc1c(Cl)cccc1[N+](=O)[O-]. The largest absolute Gasteiger partial charge is 0.388 e. The summed E-state index contributed by atoms with van der Waals surface area (Å²) in [6, 6.07) is 4.48. The van der Waals surface area contributed by atoms with Gasteiger partial charge in [-0.05, 0) is 18.9 Å². The molecule has 0 atom stereocenters. The summed E-state index contributed by atoms with van der Waals surface area (Å²) < 4.78 is 0. The van der Waals surface area contributed by atoms with Gasteiger partial charge in [-0.2, -0.15) is 0 Å². The molecule has 0 unspecified atom stereocenters. The molecule has 0 aromatic heterocycles. The van der Waals surface area contributed by atoms with Gasteiger partial charge in [0.2, 0.25) is 0 Å². The Balaban J connectivity index is 2.94. The number of rotatable bonds is 6. The third-order valence-electron chi connectivity index (χ3n) is 3.10. The maximum atomic E-state index is 10.9. The predicted octanol–water partition coefficient (Wildman–Crippen LogP) is 3.21. The normalized spacial score (nSPS) is 11.3. The quantitative estimate of drug-likeness (QED) is 0.616. The average molecular weight is 273 g/mol. The number of hydrogen-bond acceptors (Lipinski definition) is 4. The summed E-state index contributed by atoms with van der Waals surface area (Å²) in [4.78, 5) is 10.4. The Kier molecular flexibility index (Phi) is 4.93. The summed E-state index contributed by atoms with van der Waals surface area (Å²) in [5, 5.41) is 24.2. The number of nitrogens with one attached hydrogen (secondary N) is 1. The number of nitro groups is 1. The predicted molar refractivity (Wildman–Crippen MR) is 72.1 cm³/mol. The standard InChI is InChI=1S/C12H17ClN2O3/c1-3-12(16,4-2)8-14-11-9(13)6-5-7-10(11)15(17)18/h5-7,14,16H,3-4,8H2,1-2H3. The number of anilines is 1. The fourth-order valence-corrected chi connectivity index (χ4v) is 1.83. The lowest BCUT2D eigenvalue weighted by Gasteiger charge is -2.26. The third kappa shape index (κ3) is 3.34. The van der Waals surface area contributed by atoms with Crippen LogP contribution in [0.3, 0.4) is 0 Å². The summed E-state index contributed by atoms with van der Waals surface area (Å²) >= 11 is 5.94. The molecule has 0 bridgehead atoms. The van der Waals surface area contributed by atoms with E-state index in [0.717, 1.165) is 0 Å². The van der Waals surface area contributed by atoms with Gasteiger partial charge < -0.3 is 10.4 Å². The van der Waals surface area contributed by atoms with Gasteiger partial charge in [0.1, 0.15) is 5.69 Å². The van der Waals surface area contributed by atoms with Crippen molar-refractivity contribution in [3.8, 4) is 0 Å². The lowest BCUT2D eigenvalue weighted by Crippen LogP contribution is -2.35. The second-order valence-corrected chi connectivity index (χ2v) is 4.58. The molecule has 0 radical (unpaired) electrons. The number of halogens is 1. The molecule has 0 spiro atoms. The molecular formula is C12H17ClN2O3. The van der Waals surface area contributed by atoms with Gasteiger partial charge in [0, 0.05) is 12.6 Å². The van der Waals surface area contributed by atoms with Crippen LogP contribution in [0.4, 0.5) is 11.4 Å². The zero-order valence-corrected chi connectivity index (χ0v) is 11.2. The highest BCUT2D eigenvalue weighted by Crippen LogP contribution is 2.32. The van der Waals surface area contributed by atoms with Gasteiger partial charge in [-0.25, -0.2) is 0 Å². The molecule has 1 aromatic carbocycles. The number of aliphatic hydroxyl groups is 1. The highest BCUT2D eigenvalue weighted by molar-refractivity contribution is 6.33. The number of hydrogen-bond donors (Lipinski definition) is 2. The van der Waals surface area contributed by atoms with Crippen molar-refractivity contribution < 1.29 is 10.0 Å². The van der Waals surface area contributed by atoms with E-state index in [-0.39, 0.29) is 22.9 Å². The molecule has 1 rings (SSSR count). The van der Waals surface area contributed by atoms with Crippen LogP contribution in [0.1, 0.15) is 26.7 Å². The minimum atomic E-state index is -0.882. The van der Waals surface area contributed by atoms with Crippen molar-refractivity contribution >= 4 is 23.0 Å². The van der Waals surface area contributed by atoms with Gasteiger partial charge in [0.15, 0.2) is 0 Å². The summed E-state index contributed by atoms with van der Waals surface area (Å²) in [6.45, 7) is 3.96. The maximum absolute atomic E-state index is 10.9. The lowest BCUT2D eigenvalue weighted by atomic mass is 9.97. The molecule has 18 heavy (non-hydrogen) atoms. The van der Waals surface area contributed by atoms with Gasteiger partial charge in [-0.1, -0.05) is 31.5 Å². The molecule has 0 aliphatic heterocycles. The summed E-state index contributed by atoms with van der Waals surface area (Å²) in [5.74, 6) is 0. The molecule has 0 saturated carbocycles. The van der Waals surface area contributed by atoms with Gasteiger partial charge in [0.05, 0.1) is 15.5 Å². The topological polar surface area (TPSA) is 75.4 Å². The van der Waals surface area contributed by atoms with E-state index in [1.54, 1.807) is 6.07 Å². The van der Waals surface area contributed by atoms with Gasteiger partial charge in [-0.3, -0.25) is 10.1 Å². The second-order valence-electron chi connectivity index (χ2n) is 4.18. The first-order chi connectivity index (χ1) is 8.43. The van der Waals surface area contributed by atoms with Crippen LogP contribution in [-0.2, 0) is 0 Å². The van der Waals surface area contributed by atoms with E-state index in [9.17, 15) is 15.2 Å². The van der Waals surface area contributed by atoms with Crippen LogP contribution in [0, 0.1) is 10.1 Å². The lowest BCUT2D eigenvalue weighted by molar-refractivity contribution is -0.384. The second kappa shape index (κ2) is 6.02. The highest BCUT2D eigenvalue weighted by atomic mass is 35.5. The van der Waals surface area contributed by atoms with Crippen molar-refractivity contribution in [1.29, 1.82) is 0 Å².